The summed E-state index contributed by atoms with van der Waals surface area (Å²) < 4.78 is 11.0. The maximum absolute atomic E-state index is 12.5. The molecule has 1 amide bonds. The Hall–Kier alpha value is -2.83. The summed E-state index contributed by atoms with van der Waals surface area (Å²) in [4.78, 5) is 21.1. The molecule has 0 bridgehead atoms. The van der Waals surface area contributed by atoms with Gasteiger partial charge in [0.1, 0.15) is 30.5 Å². The van der Waals surface area contributed by atoms with Crippen LogP contribution in [-0.4, -0.2) is 35.6 Å². The van der Waals surface area contributed by atoms with Gasteiger partial charge in [-0.3, -0.25) is 4.79 Å². The largest absolute Gasteiger partial charge is 0.486 e. The lowest BCUT2D eigenvalue weighted by atomic mass is 10.2. The van der Waals surface area contributed by atoms with Crippen molar-refractivity contribution in [3.63, 3.8) is 0 Å². The number of carbonyl (C=O) groups is 1. The Morgan fingerprint density at radius 3 is 2.68 bits per heavy atom. The third-order valence-corrected chi connectivity index (χ3v) is 3.56. The van der Waals surface area contributed by atoms with Gasteiger partial charge >= 0.3 is 0 Å². The molecular weight excluding hydrogens is 320 g/mol. The molecule has 2 aromatic rings. The number of benzene rings is 1. The molecule has 0 radical (unpaired) electrons. The Morgan fingerprint density at radius 2 is 1.92 bits per heavy atom. The third kappa shape index (κ3) is 4.37. The van der Waals surface area contributed by atoms with Gasteiger partial charge in [0.2, 0.25) is 0 Å². The van der Waals surface area contributed by atoms with Crippen molar-refractivity contribution in [3.05, 3.63) is 35.8 Å². The van der Waals surface area contributed by atoms with Gasteiger partial charge in [0.15, 0.2) is 11.5 Å². The van der Waals surface area contributed by atoms with Crippen LogP contribution in [0.3, 0.4) is 0 Å². The van der Waals surface area contributed by atoms with Gasteiger partial charge in [-0.2, -0.15) is 0 Å². The second-order valence-corrected chi connectivity index (χ2v) is 6.27. The standard InChI is InChI=1S/C18H22N4O3/c1-11(2)10-19-17-9-14(20-12(3)21-17)18(23)22-13-4-5-15-16(8-13)25-7-6-24-15/h4-5,8-9,11H,6-7,10H2,1-3H3,(H,22,23)(H,19,20,21). The minimum absolute atomic E-state index is 0.297. The highest BCUT2D eigenvalue weighted by Gasteiger charge is 2.15. The van der Waals surface area contributed by atoms with Gasteiger partial charge in [-0.1, -0.05) is 13.8 Å². The Kier molecular flexibility index (Phi) is 5.02. The first-order valence-electron chi connectivity index (χ1n) is 8.32. The van der Waals surface area contributed by atoms with Gasteiger partial charge < -0.3 is 20.1 Å². The number of amides is 1. The zero-order valence-electron chi connectivity index (χ0n) is 14.6. The first-order chi connectivity index (χ1) is 12.0. The summed E-state index contributed by atoms with van der Waals surface area (Å²) in [5.74, 6) is 2.68. The zero-order chi connectivity index (χ0) is 17.8. The molecule has 3 rings (SSSR count). The van der Waals surface area contributed by atoms with E-state index in [-0.39, 0.29) is 5.91 Å². The molecule has 0 saturated heterocycles. The summed E-state index contributed by atoms with van der Waals surface area (Å²) >= 11 is 0. The highest BCUT2D eigenvalue weighted by Crippen LogP contribution is 2.32. The van der Waals surface area contributed by atoms with Crippen molar-refractivity contribution in [2.75, 3.05) is 30.4 Å². The van der Waals surface area contributed by atoms with Crippen molar-refractivity contribution in [2.24, 2.45) is 5.92 Å². The van der Waals surface area contributed by atoms with Crippen molar-refractivity contribution in [1.29, 1.82) is 0 Å². The van der Waals surface area contributed by atoms with Gasteiger partial charge in [-0.05, 0) is 25.0 Å². The number of fused-ring (bicyclic) bond motifs is 1. The second-order valence-electron chi connectivity index (χ2n) is 6.27. The minimum atomic E-state index is -0.297. The average molecular weight is 342 g/mol. The molecule has 7 nitrogen and oxygen atoms in total. The number of carbonyl (C=O) groups excluding carboxylic acids is 1. The van der Waals surface area contributed by atoms with E-state index in [1.54, 1.807) is 31.2 Å². The van der Waals surface area contributed by atoms with Gasteiger partial charge in [-0.15, -0.1) is 0 Å². The van der Waals surface area contributed by atoms with E-state index in [1.165, 1.54) is 0 Å². The Morgan fingerprint density at radius 1 is 1.16 bits per heavy atom. The number of rotatable bonds is 5. The van der Waals surface area contributed by atoms with Crippen molar-refractivity contribution < 1.29 is 14.3 Å². The van der Waals surface area contributed by atoms with Crippen molar-refractivity contribution in [3.8, 4) is 11.5 Å². The number of nitrogens with one attached hydrogen (secondary N) is 2. The molecule has 1 aromatic heterocycles. The van der Waals surface area contributed by atoms with Crippen LogP contribution in [-0.2, 0) is 0 Å². The Labute approximate surface area is 146 Å². The number of aromatic nitrogens is 2. The van der Waals surface area contributed by atoms with E-state index in [0.29, 0.717) is 53.7 Å². The summed E-state index contributed by atoms with van der Waals surface area (Å²) in [5.41, 5.74) is 0.941. The topological polar surface area (TPSA) is 85.4 Å². The molecule has 25 heavy (non-hydrogen) atoms. The lowest BCUT2D eigenvalue weighted by Gasteiger charge is -2.19. The smallest absolute Gasteiger partial charge is 0.274 e. The molecule has 0 atom stereocenters. The molecule has 7 heteroatoms. The minimum Gasteiger partial charge on any atom is -0.486 e. The molecule has 0 unspecified atom stereocenters. The van der Waals surface area contributed by atoms with Crippen LogP contribution in [0.4, 0.5) is 11.5 Å². The highest BCUT2D eigenvalue weighted by atomic mass is 16.6. The predicted molar refractivity (Wildman–Crippen MR) is 95.5 cm³/mol. The van der Waals surface area contributed by atoms with Gasteiger partial charge in [0.25, 0.3) is 5.91 Å². The molecule has 2 heterocycles. The fraction of sp³-hybridized carbons (Fsp3) is 0.389. The SMILES string of the molecule is Cc1nc(NCC(C)C)cc(C(=O)Nc2ccc3c(c2)OCCO3)n1. The number of hydrogen-bond acceptors (Lipinski definition) is 6. The monoisotopic (exact) mass is 342 g/mol. The van der Waals surface area contributed by atoms with E-state index >= 15 is 0 Å². The van der Waals surface area contributed by atoms with Crippen LogP contribution in [0.5, 0.6) is 11.5 Å². The molecule has 2 N–H and O–H groups in total. The van der Waals surface area contributed by atoms with E-state index in [1.807, 2.05) is 0 Å². The molecule has 0 saturated carbocycles. The van der Waals surface area contributed by atoms with E-state index in [0.717, 1.165) is 6.54 Å². The van der Waals surface area contributed by atoms with E-state index in [2.05, 4.69) is 34.4 Å². The van der Waals surface area contributed by atoms with Crippen LogP contribution in [0.25, 0.3) is 0 Å². The number of nitrogens with zero attached hydrogens (tertiary/aromatic N) is 2. The fourth-order valence-electron chi connectivity index (χ4n) is 2.40. The van der Waals surface area contributed by atoms with Gasteiger partial charge in [0.05, 0.1) is 0 Å². The summed E-state index contributed by atoms with van der Waals surface area (Å²) in [6, 6.07) is 6.96. The van der Waals surface area contributed by atoms with E-state index in [9.17, 15) is 4.79 Å². The van der Waals surface area contributed by atoms with E-state index < -0.39 is 0 Å². The summed E-state index contributed by atoms with van der Waals surface area (Å²) in [6.07, 6.45) is 0. The van der Waals surface area contributed by atoms with Crippen LogP contribution < -0.4 is 20.1 Å². The second kappa shape index (κ2) is 7.38. The van der Waals surface area contributed by atoms with Crippen LogP contribution in [0.1, 0.15) is 30.2 Å². The summed E-state index contributed by atoms with van der Waals surface area (Å²) in [7, 11) is 0. The van der Waals surface area contributed by atoms with Gasteiger partial charge in [-0.25, -0.2) is 9.97 Å². The quantitative estimate of drug-likeness (QED) is 0.869. The van der Waals surface area contributed by atoms with Crippen LogP contribution in [0.15, 0.2) is 24.3 Å². The molecule has 0 fully saturated rings. The maximum atomic E-state index is 12.5. The van der Waals surface area contributed by atoms with Crippen molar-refractivity contribution >= 4 is 17.4 Å². The normalized spacial score (nSPS) is 12.8. The molecule has 0 aliphatic carbocycles. The predicted octanol–water partition coefficient (Wildman–Crippen LogP) is 2.88. The Bertz CT molecular complexity index is 777. The molecule has 132 valence electrons. The van der Waals surface area contributed by atoms with Crippen LogP contribution >= 0.6 is 0 Å². The molecule has 0 spiro atoms. The van der Waals surface area contributed by atoms with Crippen molar-refractivity contribution in [2.45, 2.75) is 20.8 Å². The van der Waals surface area contributed by atoms with Gasteiger partial charge in [0, 0.05) is 24.4 Å². The summed E-state index contributed by atoms with van der Waals surface area (Å²) in [6.45, 7) is 7.79. The van der Waals surface area contributed by atoms with E-state index in [4.69, 9.17) is 9.47 Å². The summed E-state index contributed by atoms with van der Waals surface area (Å²) in [5, 5.41) is 6.05. The Balaban J connectivity index is 1.74. The number of ether oxygens (including phenoxy) is 2. The van der Waals surface area contributed by atoms with Crippen LogP contribution in [0, 0.1) is 12.8 Å². The first-order valence-corrected chi connectivity index (χ1v) is 8.32. The van der Waals surface area contributed by atoms with Crippen molar-refractivity contribution in [1.82, 2.24) is 9.97 Å². The maximum Gasteiger partial charge on any atom is 0.274 e. The first kappa shape index (κ1) is 17.0. The third-order valence-electron chi connectivity index (χ3n) is 3.56. The highest BCUT2D eigenvalue weighted by molar-refractivity contribution is 6.03. The number of hydrogen-bond donors (Lipinski definition) is 2. The number of aryl methyl sites for hydroxylation is 1. The number of anilines is 2. The van der Waals surface area contributed by atoms with Crippen LogP contribution in [0.2, 0.25) is 0 Å². The average Bonchev–Trinajstić information content (AvgIpc) is 2.59. The lowest BCUT2D eigenvalue weighted by Crippen LogP contribution is -2.18. The lowest BCUT2D eigenvalue weighted by molar-refractivity contribution is 0.102. The molecule has 1 aliphatic heterocycles. The molecule has 1 aromatic carbocycles. The molecule has 1 aliphatic rings. The zero-order valence-corrected chi connectivity index (χ0v) is 14.6. The fourth-order valence-corrected chi connectivity index (χ4v) is 2.40. The molecular formula is C18H22N4O3.